The van der Waals surface area contributed by atoms with Gasteiger partial charge < -0.3 is 24.1 Å². The maximum Gasteiger partial charge on any atom is 0.340 e. The fraction of sp³-hybridized carbons (Fsp3) is 0.950. The van der Waals surface area contributed by atoms with Crippen LogP contribution in [0.25, 0.3) is 0 Å². The van der Waals surface area contributed by atoms with E-state index in [1.807, 2.05) is 0 Å². The van der Waals surface area contributed by atoms with E-state index in [4.69, 9.17) is 18.9 Å². The average molecular weight is 364 g/mol. The summed E-state index contributed by atoms with van der Waals surface area (Å²) in [7, 11) is 0. The first-order valence-corrected chi connectivity index (χ1v) is 10.0. The SMILES string of the molecule is CC1COC2C1C13OC4OCCC45[C@H](C(C)(C)C)CC(OC1=O)C35[C@H]2O. The first kappa shape index (κ1) is 16.3. The summed E-state index contributed by atoms with van der Waals surface area (Å²) < 4.78 is 24.7. The molecular weight excluding hydrogens is 336 g/mol. The van der Waals surface area contributed by atoms with E-state index >= 15 is 0 Å². The molecule has 0 bridgehead atoms. The van der Waals surface area contributed by atoms with Crippen LogP contribution in [0.2, 0.25) is 0 Å². The fourth-order valence-corrected chi connectivity index (χ4v) is 8.38. The highest BCUT2D eigenvalue weighted by Gasteiger charge is 2.96. The standard InChI is InChI=1S/C20H28O6/c1-9-8-24-13-12(9)20-15(22)25-11-7-10(17(2,3)4)18(19(11,20)14(13)21)5-6-23-16(18)26-20/h9-14,16,21H,5-8H2,1-4H3/t9?,10-,11?,12?,13?,14-,16?,18?,19?,20?/m0/s1. The molecule has 0 aromatic rings. The van der Waals surface area contributed by atoms with Crippen LogP contribution < -0.4 is 0 Å². The molecule has 2 saturated carbocycles. The number of carbonyl (C=O) groups is 1. The zero-order valence-corrected chi connectivity index (χ0v) is 15.9. The third-order valence-electron chi connectivity index (χ3n) is 8.83. The Morgan fingerprint density at radius 3 is 2.73 bits per heavy atom. The van der Waals surface area contributed by atoms with Crippen molar-refractivity contribution in [2.45, 2.75) is 70.7 Å². The van der Waals surface area contributed by atoms with Gasteiger partial charge >= 0.3 is 5.97 Å². The molecular formula is C20H28O6. The molecule has 6 nitrogen and oxygen atoms in total. The Balaban J connectivity index is 1.66. The Labute approximate surface area is 153 Å². The van der Waals surface area contributed by atoms with Crippen LogP contribution in [-0.4, -0.2) is 54.5 Å². The van der Waals surface area contributed by atoms with E-state index in [9.17, 15) is 9.90 Å². The summed E-state index contributed by atoms with van der Waals surface area (Å²) in [6.45, 7) is 9.96. The van der Waals surface area contributed by atoms with Crippen LogP contribution in [0.5, 0.6) is 0 Å². The van der Waals surface area contributed by atoms with Gasteiger partial charge in [0.05, 0.1) is 30.8 Å². The number of hydrogen-bond donors (Lipinski definition) is 1. The molecule has 6 rings (SSSR count). The number of carbonyl (C=O) groups excluding carboxylic acids is 1. The van der Waals surface area contributed by atoms with Crippen LogP contribution >= 0.6 is 0 Å². The van der Waals surface area contributed by atoms with Crippen molar-refractivity contribution in [3.63, 3.8) is 0 Å². The third kappa shape index (κ3) is 1.25. The van der Waals surface area contributed by atoms with Gasteiger partial charge in [0.2, 0.25) is 0 Å². The summed E-state index contributed by atoms with van der Waals surface area (Å²) in [6, 6.07) is 0. The Bertz CT molecular complexity index is 701. The number of aliphatic hydroxyl groups excluding tert-OH is 1. The molecule has 4 heterocycles. The van der Waals surface area contributed by atoms with Crippen molar-refractivity contribution in [1.82, 2.24) is 0 Å². The van der Waals surface area contributed by atoms with Gasteiger partial charge in [0.1, 0.15) is 6.10 Å². The molecule has 0 aromatic heterocycles. The lowest BCUT2D eigenvalue weighted by atomic mass is 9.52. The first-order chi connectivity index (χ1) is 12.2. The van der Waals surface area contributed by atoms with E-state index in [0.29, 0.717) is 13.2 Å². The van der Waals surface area contributed by atoms with E-state index in [1.165, 1.54) is 0 Å². The Morgan fingerprint density at radius 1 is 1.23 bits per heavy atom. The molecule has 8 unspecified atom stereocenters. The van der Waals surface area contributed by atoms with Crippen molar-refractivity contribution >= 4 is 5.97 Å². The molecule has 144 valence electrons. The normalized spacial score (nSPS) is 62.2. The van der Waals surface area contributed by atoms with Crippen LogP contribution in [0.15, 0.2) is 0 Å². The van der Waals surface area contributed by atoms with E-state index < -0.39 is 28.8 Å². The summed E-state index contributed by atoms with van der Waals surface area (Å²) in [4.78, 5) is 13.3. The Morgan fingerprint density at radius 2 is 2.00 bits per heavy atom. The molecule has 4 aliphatic heterocycles. The van der Waals surface area contributed by atoms with Crippen LogP contribution in [0.3, 0.4) is 0 Å². The van der Waals surface area contributed by atoms with Crippen LogP contribution in [0.1, 0.15) is 40.5 Å². The summed E-state index contributed by atoms with van der Waals surface area (Å²) in [5.41, 5.74) is -2.27. The van der Waals surface area contributed by atoms with Crippen LogP contribution in [0.4, 0.5) is 0 Å². The molecule has 0 radical (unpaired) electrons. The van der Waals surface area contributed by atoms with Gasteiger partial charge in [0.15, 0.2) is 11.9 Å². The number of aliphatic hydroxyl groups is 1. The largest absolute Gasteiger partial charge is 0.459 e. The fourth-order valence-electron chi connectivity index (χ4n) is 8.38. The minimum atomic E-state index is -1.12. The van der Waals surface area contributed by atoms with Gasteiger partial charge in [-0.15, -0.1) is 0 Å². The molecule has 1 N–H and O–H groups in total. The molecule has 4 saturated heterocycles. The molecule has 0 amide bonds. The lowest BCUT2D eigenvalue weighted by Gasteiger charge is -2.47. The van der Waals surface area contributed by atoms with Gasteiger partial charge in [-0.2, -0.15) is 0 Å². The van der Waals surface area contributed by atoms with Gasteiger partial charge in [-0.1, -0.05) is 27.7 Å². The maximum absolute atomic E-state index is 13.3. The average Bonchev–Trinajstić information content (AvgIpc) is 3.28. The Hall–Kier alpha value is -0.690. The van der Waals surface area contributed by atoms with Crippen molar-refractivity contribution in [2.75, 3.05) is 13.2 Å². The predicted octanol–water partition coefficient (Wildman–Crippen LogP) is 1.49. The monoisotopic (exact) mass is 364 g/mol. The molecule has 26 heavy (non-hydrogen) atoms. The molecule has 6 aliphatic rings. The van der Waals surface area contributed by atoms with Crippen molar-refractivity contribution < 1.29 is 28.8 Å². The second kappa shape index (κ2) is 4.32. The second-order valence-electron chi connectivity index (χ2n) is 10.5. The highest BCUT2D eigenvalue weighted by Crippen LogP contribution is 2.83. The van der Waals surface area contributed by atoms with Crippen LogP contribution in [0, 0.1) is 34.0 Å². The summed E-state index contributed by atoms with van der Waals surface area (Å²) in [6.07, 6.45) is -0.287. The minimum absolute atomic E-state index is 0.000775. The van der Waals surface area contributed by atoms with E-state index in [-0.39, 0.29) is 41.3 Å². The van der Waals surface area contributed by atoms with Gasteiger partial charge in [-0.3, -0.25) is 0 Å². The van der Waals surface area contributed by atoms with Crippen molar-refractivity contribution in [3.05, 3.63) is 0 Å². The number of rotatable bonds is 0. The van der Waals surface area contributed by atoms with Crippen molar-refractivity contribution in [1.29, 1.82) is 0 Å². The van der Waals surface area contributed by atoms with E-state index in [0.717, 1.165) is 12.8 Å². The molecule has 6 fully saturated rings. The summed E-state index contributed by atoms with van der Waals surface area (Å²) >= 11 is 0. The molecule has 6 heteroatoms. The van der Waals surface area contributed by atoms with Crippen LogP contribution in [-0.2, 0) is 23.7 Å². The van der Waals surface area contributed by atoms with Gasteiger partial charge in [0, 0.05) is 11.3 Å². The predicted molar refractivity (Wildman–Crippen MR) is 88.9 cm³/mol. The molecule has 10 atom stereocenters. The van der Waals surface area contributed by atoms with E-state index in [1.54, 1.807) is 0 Å². The van der Waals surface area contributed by atoms with Gasteiger partial charge in [0.25, 0.3) is 0 Å². The molecule has 0 aromatic carbocycles. The summed E-state index contributed by atoms with van der Waals surface area (Å²) in [5.74, 6) is -0.0629. The second-order valence-corrected chi connectivity index (χ2v) is 10.5. The highest BCUT2D eigenvalue weighted by molar-refractivity contribution is 5.87. The number of hydrogen-bond acceptors (Lipinski definition) is 6. The molecule has 2 aliphatic carbocycles. The number of ether oxygens (including phenoxy) is 4. The van der Waals surface area contributed by atoms with Crippen molar-refractivity contribution in [2.24, 2.45) is 34.0 Å². The highest BCUT2D eigenvalue weighted by atomic mass is 16.7. The minimum Gasteiger partial charge on any atom is -0.459 e. The maximum atomic E-state index is 13.3. The van der Waals surface area contributed by atoms with Gasteiger partial charge in [-0.05, 0) is 30.1 Å². The lowest BCUT2D eigenvalue weighted by molar-refractivity contribution is -0.205. The quantitative estimate of drug-likeness (QED) is 0.657. The van der Waals surface area contributed by atoms with Crippen molar-refractivity contribution in [3.8, 4) is 0 Å². The third-order valence-corrected chi connectivity index (χ3v) is 8.83. The number of fused-ring (bicyclic) bond motifs is 1. The number of esters is 1. The smallest absolute Gasteiger partial charge is 0.340 e. The van der Waals surface area contributed by atoms with E-state index in [2.05, 4.69) is 27.7 Å². The molecule has 2 spiro atoms. The zero-order valence-electron chi connectivity index (χ0n) is 15.9. The first-order valence-electron chi connectivity index (χ1n) is 10.0. The zero-order chi connectivity index (χ0) is 18.3. The van der Waals surface area contributed by atoms with Gasteiger partial charge in [-0.25, -0.2) is 4.79 Å². The summed E-state index contributed by atoms with van der Waals surface area (Å²) in [5, 5.41) is 11.7. The Kier molecular flexibility index (Phi) is 2.70. The lowest BCUT2D eigenvalue weighted by Crippen LogP contribution is -2.59. The topological polar surface area (TPSA) is 74.2 Å².